The van der Waals surface area contributed by atoms with Crippen LogP contribution in [0.1, 0.15) is 117 Å². The molecule has 0 saturated heterocycles. The highest BCUT2D eigenvalue weighted by Gasteiger charge is 2.19. The molecule has 0 amide bonds. The lowest BCUT2D eigenvalue weighted by atomic mass is 10.0. The largest absolute Gasteiger partial charge is 0.466 e. The quantitative estimate of drug-likeness (QED) is 0.0756. The van der Waals surface area contributed by atoms with Gasteiger partial charge in [0, 0.05) is 33.3 Å². The second-order valence-corrected chi connectivity index (χ2v) is 11.8. The predicted octanol–water partition coefficient (Wildman–Crippen LogP) is 9.85. The fraction of sp³-hybridized carbons (Fsp3) is 0.960. The fourth-order valence-corrected chi connectivity index (χ4v) is 4.98. The Bertz CT molecular complexity index is 439. The number of rotatable bonds is 22. The minimum absolute atomic E-state index is 0.0897. The molecule has 0 aromatic rings. The van der Waals surface area contributed by atoms with Crippen LogP contribution >= 0.6 is 58.0 Å². The highest BCUT2D eigenvalue weighted by molar-refractivity contribution is 6.30. The topological polar surface area (TPSA) is 26.3 Å². The van der Waals surface area contributed by atoms with Crippen LogP contribution < -0.4 is 0 Å². The van der Waals surface area contributed by atoms with Crippen LogP contribution in [-0.4, -0.2) is 39.5 Å². The van der Waals surface area contributed by atoms with E-state index in [2.05, 4.69) is 13.8 Å². The van der Waals surface area contributed by atoms with Crippen LogP contribution in [0.25, 0.3) is 0 Å². The van der Waals surface area contributed by atoms with E-state index in [4.69, 9.17) is 62.7 Å². The molecule has 0 rings (SSSR count). The molecule has 0 aliphatic rings. The number of alkyl halides is 5. The summed E-state index contributed by atoms with van der Waals surface area (Å²) in [7, 11) is 0. The molecule has 0 saturated carbocycles. The summed E-state index contributed by atoms with van der Waals surface area (Å²) < 4.78 is 5.31. The molecule has 0 fully saturated rings. The van der Waals surface area contributed by atoms with Crippen molar-refractivity contribution in [2.24, 2.45) is 0 Å². The summed E-state index contributed by atoms with van der Waals surface area (Å²) in [6, 6.07) is 0. The van der Waals surface area contributed by atoms with Crippen LogP contribution in [0.4, 0.5) is 0 Å². The van der Waals surface area contributed by atoms with Crippen molar-refractivity contribution in [1.29, 1.82) is 0 Å². The molecule has 7 heteroatoms. The summed E-state index contributed by atoms with van der Waals surface area (Å²) in [6.07, 6.45) is 15.3. The van der Waals surface area contributed by atoms with Crippen LogP contribution in [0, 0.1) is 0 Å². The minimum atomic E-state index is -0.155. The van der Waals surface area contributed by atoms with E-state index in [9.17, 15) is 4.79 Å². The van der Waals surface area contributed by atoms with E-state index >= 15 is 0 Å². The Morgan fingerprint density at radius 3 is 1.94 bits per heavy atom. The molecule has 192 valence electrons. The van der Waals surface area contributed by atoms with Gasteiger partial charge in [-0.3, -0.25) is 4.79 Å². The Morgan fingerprint density at radius 2 is 1.28 bits per heavy atom. The van der Waals surface area contributed by atoms with Crippen LogP contribution in [0.3, 0.4) is 0 Å². The van der Waals surface area contributed by atoms with Gasteiger partial charge in [-0.05, 0) is 51.4 Å². The van der Waals surface area contributed by atoms with Crippen LogP contribution in [-0.2, 0) is 9.53 Å². The first-order valence-electron chi connectivity index (χ1n) is 12.7. The Hall–Kier alpha value is 0.920. The Labute approximate surface area is 222 Å². The summed E-state index contributed by atoms with van der Waals surface area (Å²) in [6.45, 7) is 4.81. The summed E-state index contributed by atoms with van der Waals surface area (Å²) in [4.78, 5) is 11.9. The molecule has 0 spiro atoms. The lowest BCUT2D eigenvalue weighted by Crippen LogP contribution is -2.18. The number of esters is 1. The van der Waals surface area contributed by atoms with Gasteiger partial charge in [-0.2, -0.15) is 0 Å². The third-order valence-electron chi connectivity index (χ3n) is 5.77. The molecule has 0 N–H and O–H groups in total. The first-order chi connectivity index (χ1) is 15.3. The molecule has 0 heterocycles. The van der Waals surface area contributed by atoms with Gasteiger partial charge < -0.3 is 4.74 Å². The van der Waals surface area contributed by atoms with Crippen molar-refractivity contribution in [1.82, 2.24) is 0 Å². The van der Waals surface area contributed by atoms with Crippen molar-refractivity contribution in [2.45, 2.75) is 143 Å². The Balaban J connectivity index is 3.73. The molecule has 0 bridgehead atoms. The average Bonchev–Trinajstić information content (AvgIpc) is 2.77. The number of unbranched alkanes of at least 4 members (excludes halogenated alkanes) is 6. The molecule has 5 atom stereocenters. The number of carbonyl (C=O) groups is 1. The normalized spacial score (nSPS) is 16.3. The highest BCUT2D eigenvalue weighted by atomic mass is 35.5. The Morgan fingerprint density at radius 1 is 0.656 bits per heavy atom. The van der Waals surface area contributed by atoms with Crippen molar-refractivity contribution in [3.05, 3.63) is 0 Å². The standard InChI is InChI=1S/C25H45Cl5O2/c1-3-5-6-7-8-9-10-18-32-25(31)17-15-21(27)14-16-24(30)23(29)13-11-12-22(28)19-20(26)4-2/h20-24H,3-19H2,1-2H3. The van der Waals surface area contributed by atoms with Gasteiger partial charge in [0.05, 0.1) is 6.61 Å². The van der Waals surface area contributed by atoms with E-state index in [1.807, 2.05) is 0 Å². The van der Waals surface area contributed by atoms with Crippen molar-refractivity contribution in [3.8, 4) is 0 Å². The van der Waals surface area contributed by atoms with E-state index in [0.29, 0.717) is 19.4 Å². The van der Waals surface area contributed by atoms with Crippen LogP contribution in [0.2, 0.25) is 0 Å². The molecule has 2 nitrogen and oxygen atoms in total. The van der Waals surface area contributed by atoms with Gasteiger partial charge in [-0.25, -0.2) is 0 Å². The van der Waals surface area contributed by atoms with Gasteiger partial charge in [0.15, 0.2) is 0 Å². The second kappa shape index (κ2) is 22.4. The van der Waals surface area contributed by atoms with E-state index < -0.39 is 0 Å². The Kier molecular flexibility index (Phi) is 23.0. The molecular formula is C25H45Cl5O2. The SMILES string of the molecule is CCCCCCCCCOC(=O)CCC(Cl)CCC(Cl)C(Cl)CCCC(Cl)CC(Cl)CC. The molecule has 0 radical (unpaired) electrons. The summed E-state index contributed by atoms with van der Waals surface area (Å²) in [5.74, 6) is -0.155. The summed E-state index contributed by atoms with van der Waals surface area (Å²) in [5, 5.41) is -0.0916. The first kappa shape index (κ1) is 32.9. The third-order valence-corrected chi connectivity index (χ3v) is 8.27. The van der Waals surface area contributed by atoms with Crippen LogP contribution in [0.15, 0.2) is 0 Å². The number of ether oxygens (including phenoxy) is 1. The molecule has 0 aliphatic carbocycles. The summed E-state index contributed by atoms with van der Waals surface area (Å²) >= 11 is 31.8. The van der Waals surface area contributed by atoms with Gasteiger partial charge in [0.25, 0.3) is 0 Å². The van der Waals surface area contributed by atoms with Gasteiger partial charge in [0.1, 0.15) is 0 Å². The van der Waals surface area contributed by atoms with Crippen LogP contribution in [0.5, 0.6) is 0 Å². The number of carbonyl (C=O) groups excluding carboxylic acids is 1. The number of halogens is 5. The molecule has 0 aromatic carbocycles. The fourth-order valence-electron chi connectivity index (χ4n) is 3.53. The molecule has 5 unspecified atom stereocenters. The highest BCUT2D eigenvalue weighted by Crippen LogP contribution is 2.26. The van der Waals surface area contributed by atoms with Gasteiger partial charge >= 0.3 is 5.97 Å². The molecule has 32 heavy (non-hydrogen) atoms. The van der Waals surface area contributed by atoms with E-state index in [-0.39, 0.29) is 32.9 Å². The number of hydrogen-bond acceptors (Lipinski definition) is 2. The third kappa shape index (κ3) is 20.3. The van der Waals surface area contributed by atoms with Gasteiger partial charge in [-0.1, -0.05) is 58.8 Å². The van der Waals surface area contributed by atoms with Crippen molar-refractivity contribution in [3.63, 3.8) is 0 Å². The predicted molar refractivity (Wildman–Crippen MR) is 144 cm³/mol. The monoisotopic (exact) mass is 552 g/mol. The second-order valence-electron chi connectivity index (χ2n) is 8.86. The van der Waals surface area contributed by atoms with Gasteiger partial charge in [0.2, 0.25) is 0 Å². The van der Waals surface area contributed by atoms with Crippen molar-refractivity contribution in [2.75, 3.05) is 6.61 Å². The maximum atomic E-state index is 11.9. The number of hydrogen-bond donors (Lipinski definition) is 0. The first-order valence-corrected chi connectivity index (χ1v) is 14.8. The molecular weight excluding hydrogens is 510 g/mol. The van der Waals surface area contributed by atoms with E-state index in [0.717, 1.165) is 57.8 Å². The zero-order valence-corrected chi connectivity index (χ0v) is 23.9. The minimum Gasteiger partial charge on any atom is -0.466 e. The van der Waals surface area contributed by atoms with Gasteiger partial charge in [-0.15, -0.1) is 58.0 Å². The zero-order valence-electron chi connectivity index (χ0n) is 20.1. The molecule has 0 aromatic heterocycles. The maximum Gasteiger partial charge on any atom is 0.305 e. The van der Waals surface area contributed by atoms with Crippen molar-refractivity contribution >= 4 is 64.0 Å². The lowest BCUT2D eigenvalue weighted by molar-refractivity contribution is -0.143. The maximum absolute atomic E-state index is 11.9. The smallest absolute Gasteiger partial charge is 0.305 e. The lowest BCUT2D eigenvalue weighted by Gasteiger charge is -2.18. The van der Waals surface area contributed by atoms with E-state index in [1.54, 1.807) is 0 Å². The van der Waals surface area contributed by atoms with Crippen molar-refractivity contribution < 1.29 is 9.53 Å². The summed E-state index contributed by atoms with van der Waals surface area (Å²) in [5.41, 5.74) is 0. The molecule has 0 aliphatic heterocycles. The van der Waals surface area contributed by atoms with E-state index in [1.165, 1.54) is 32.1 Å². The average molecular weight is 555 g/mol. The zero-order chi connectivity index (χ0) is 24.2.